The quantitative estimate of drug-likeness (QED) is 0.161. The summed E-state index contributed by atoms with van der Waals surface area (Å²) >= 11 is 0. The Balaban J connectivity index is 1.04. The van der Waals surface area contributed by atoms with Gasteiger partial charge >= 0.3 is 0 Å². The third kappa shape index (κ3) is 7.52. The Kier molecular flexibility index (Phi) is 9.86. The van der Waals surface area contributed by atoms with Crippen LogP contribution >= 0.6 is 0 Å². The lowest BCUT2D eigenvalue weighted by atomic mass is 10.1. The van der Waals surface area contributed by atoms with Crippen molar-refractivity contribution in [3.63, 3.8) is 0 Å². The lowest BCUT2D eigenvalue weighted by Gasteiger charge is -2.32. The molecule has 0 atom stereocenters. The van der Waals surface area contributed by atoms with Gasteiger partial charge in [-0.15, -0.1) is 0 Å². The third-order valence-corrected chi connectivity index (χ3v) is 8.91. The Morgan fingerprint density at radius 3 is 2.43 bits per heavy atom. The van der Waals surface area contributed by atoms with Crippen LogP contribution < -0.4 is 25.0 Å². The van der Waals surface area contributed by atoms with Gasteiger partial charge in [0.05, 0.1) is 24.6 Å². The molecule has 7 rings (SSSR count). The minimum Gasteiger partial charge on any atom is -0.493 e. The van der Waals surface area contributed by atoms with Crippen molar-refractivity contribution in [1.82, 2.24) is 24.3 Å². The maximum absolute atomic E-state index is 13.6. The predicted molar refractivity (Wildman–Crippen MR) is 194 cm³/mol. The summed E-state index contributed by atoms with van der Waals surface area (Å²) < 4.78 is 33.3. The summed E-state index contributed by atoms with van der Waals surface area (Å²) in [6.45, 7) is 5.88. The van der Waals surface area contributed by atoms with E-state index in [-0.39, 0.29) is 10.9 Å². The van der Waals surface area contributed by atoms with Crippen LogP contribution in [0.3, 0.4) is 0 Å². The maximum atomic E-state index is 13.6. The Bertz CT molecular complexity index is 2240. The van der Waals surface area contributed by atoms with E-state index in [1.807, 2.05) is 12.1 Å². The second-order valence-electron chi connectivity index (χ2n) is 12.3. The molecule has 0 unspecified atom stereocenters. The molecule has 1 fully saturated rings. The molecule has 1 saturated heterocycles. The van der Waals surface area contributed by atoms with Crippen LogP contribution in [-0.2, 0) is 0 Å². The highest BCUT2D eigenvalue weighted by Crippen LogP contribution is 2.37. The molecule has 1 amide bonds. The number of halogens is 1. The molecule has 3 aromatic heterocycles. The summed E-state index contributed by atoms with van der Waals surface area (Å²) in [6, 6.07) is 21.3. The van der Waals surface area contributed by atoms with Crippen LogP contribution in [0.15, 0.2) is 102 Å². The first-order valence-electron chi connectivity index (χ1n) is 16.7. The largest absolute Gasteiger partial charge is 0.493 e. The first kappa shape index (κ1) is 33.6. The van der Waals surface area contributed by atoms with Crippen molar-refractivity contribution in [3.8, 4) is 28.7 Å². The molecule has 0 radical (unpaired) electrons. The first-order chi connectivity index (χ1) is 24.9. The van der Waals surface area contributed by atoms with E-state index >= 15 is 0 Å². The number of carbonyl (C=O) groups is 1. The van der Waals surface area contributed by atoms with Gasteiger partial charge in [0.1, 0.15) is 28.5 Å². The first-order valence-corrected chi connectivity index (χ1v) is 16.7. The van der Waals surface area contributed by atoms with Gasteiger partial charge in [-0.05, 0) is 86.3 Å². The molecule has 0 spiro atoms. The third-order valence-electron chi connectivity index (χ3n) is 8.91. The summed E-state index contributed by atoms with van der Waals surface area (Å²) in [5.41, 5.74) is 1.51. The number of nitrogens with zero attached hydrogens (tertiary/aromatic N) is 5. The van der Waals surface area contributed by atoms with Crippen LogP contribution in [0.2, 0.25) is 0 Å². The number of amides is 1. The molecule has 0 saturated carbocycles. The Morgan fingerprint density at radius 2 is 1.67 bits per heavy atom. The lowest BCUT2D eigenvalue weighted by molar-refractivity contribution is 0.102. The standard InChI is InChI=1S/C39H37FN6O5/c1-44-18-20-45(21-19-44)17-4-22-50-36-24-33-31(23-35(36)49-2)34(14-16-41-33)51-29-12-8-27(9-13-29)43-39(48)32-25-46(28-10-6-26(40)7-11-28)38-30(37(32)47)5-3-15-42-38/h3,5-16,23-25H,4,17-22H2,1-2H3,(H,43,48). The number of methoxy groups -OCH3 is 1. The number of hydrogen-bond donors (Lipinski definition) is 1. The van der Waals surface area contributed by atoms with E-state index in [0.717, 1.165) is 44.5 Å². The van der Waals surface area contributed by atoms with Crippen LogP contribution in [0, 0.1) is 5.82 Å². The van der Waals surface area contributed by atoms with E-state index < -0.39 is 17.2 Å². The number of rotatable bonds is 11. The zero-order chi connectivity index (χ0) is 35.3. The second kappa shape index (κ2) is 15.0. The smallest absolute Gasteiger partial charge is 0.261 e. The molecular weight excluding hydrogens is 651 g/mol. The zero-order valence-corrected chi connectivity index (χ0v) is 28.3. The normalized spacial score (nSPS) is 13.7. The maximum Gasteiger partial charge on any atom is 0.261 e. The highest BCUT2D eigenvalue weighted by Gasteiger charge is 2.18. The summed E-state index contributed by atoms with van der Waals surface area (Å²) in [4.78, 5) is 40.4. The number of benzene rings is 3. The van der Waals surface area contributed by atoms with Gasteiger partial charge in [0.25, 0.3) is 5.91 Å². The number of hydrogen-bond acceptors (Lipinski definition) is 9. The lowest BCUT2D eigenvalue weighted by Crippen LogP contribution is -2.44. The molecule has 1 aliphatic rings. The number of piperazine rings is 1. The highest BCUT2D eigenvalue weighted by molar-refractivity contribution is 6.05. The Hall–Kier alpha value is -5.85. The van der Waals surface area contributed by atoms with Crippen molar-refractivity contribution in [1.29, 1.82) is 0 Å². The molecule has 51 heavy (non-hydrogen) atoms. The molecule has 6 aromatic rings. The van der Waals surface area contributed by atoms with Gasteiger partial charge in [-0.1, -0.05) is 0 Å². The number of nitrogens with one attached hydrogen (secondary N) is 1. The van der Waals surface area contributed by atoms with Crippen molar-refractivity contribution in [3.05, 3.63) is 119 Å². The van der Waals surface area contributed by atoms with Crippen LogP contribution in [0.25, 0.3) is 27.6 Å². The number of aromatic nitrogens is 3. The van der Waals surface area contributed by atoms with E-state index in [2.05, 4.69) is 32.1 Å². The van der Waals surface area contributed by atoms with Crippen LogP contribution in [0.4, 0.5) is 10.1 Å². The van der Waals surface area contributed by atoms with Gasteiger partial charge in [0.15, 0.2) is 11.5 Å². The minimum atomic E-state index is -0.597. The summed E-state index contributed by atoms with van der Waals surface area (Å²) in [6.07, 6.45) is 5.56. The van der Waals surface area contributed by atoms with Gasteiger partial charge in [0, 0.05) is 74.1 Å². The Labute approximate surface area is 293 Å². The molecular formula is C39H37FN6O5. The van der Waals surface area contributed by atoms with Crippen molar-refractivity contribution in [2.24, 2.45) is 0 Å². The SMILES string of the molecule is COc1cc2c(Oc3ccc(NC(=O)c4cn(-c5ccc(F)cc5)c5ncccc5c4=O)cc3)ccnc2cc1OCCCN1CCN(C)CC1. The van der Waals surface area contributed by atoms with Gasteiger partial charge in [-0.25, -0.2) is 9.37 Å². The average Bonchev–Trinajstić information content (AvgIpc) is 3.15. The summed E-state index contributed by atoms with van der Waals surface area (Å²) in [7, 11) is 3.76. The zero-order valence-electron chi connectivity index (χ0n) is 28.3. The van der Waals surface area contributed by atoms with Crippen LogP contribution in [-0.4, -0.2) is 83.7 Å². The van der Waals surface area contributed by atoms with Crippen molar-refractivity contribution < 1.29 is 23.4 Å². The summed E-state index contributed by atoms with van der Waals surface area (Å²) in [5.74, 6) is 1.31. The molecule has 1 aliphatic heterocycles. The number of ether oxygens (including phenoxy) is 3. The number of pyridine rings is 3. The van der Waals surface area contributed by atoms with Crippen LogP contribution in [0.1, 0.15) is 16.8 Å². The molecule has 3 aromatic carbocycles. The highest BCUT2D eigenvalue weighted by atomic mass is 19.1. The van der Waals surface area contributed by atoms with Crippen LogP contribution in [0.5, 0.6) is 23.0 Å². The summed E-state index contributed by atoms with van der Waals surface area (Å²) in [5, 5.41) is 3.81. The topological polar surface area (TPSA) is 111 Å². The molecule has 0 aliphatic carbocycles. The van der Waals surface area contributed by atoms with Gasteiger partial charge < -0.3 is 33.9 Å². The van der Waals surface area contributed by atoms with E-state index in [0.29, 0.717) is 52.1 Å². The fourth-order valence-electron chi connectivity index (χ4n) is 6.08. The van der Waals surface area contributed by atoms with Gasteiger partial charge in [0.2, 0.25) is 5.43 Å². The van der Waals surface area contributed by atoms with Gasteiger partial charge in [-0.2, -0.15) is 0 Å². The number of likely N-dealkylation sites (N-methyl/N-ethyl adjacent to an activating group) is 1. The fourth-order valence-corrected chi connectivity index (χ4v) is 6.08. The molecule has 4 heterocycles. The Morgan fingerprint density at radius 1 is 0.882 bits per heavy atom. The van der Waals surface area contributed by atoms with E-state index in [4.69, 9.17) is 14.2 Å². The van der Waals surface area contributed by atoms with Crippen molar-refractivity contribution >= 4 is 33.5 Å². The minimum absolute atomic E-state index is 0.0873. The molecule has 11 nitrogen and oxygen atoms in total. The average molecular weight is 689 g/mol. The van der Waals surface area contributed by atoms with E-state index in [9.17, 15) is 14.0 Å². The monoisotopic (exact) mass is 688 g/mol. The van der Waals surface area contributed by atoms with Crippen molar-refractivity contribution in [2.75, 3.05) is 58.8 Å². The molecule has 12 heteroatoms. The predicted octanol–water partition coefficient (Wildman–Crippen LogP) is 6.14. The fraction of sp³-hybridized carbons (Fsp3) is 0.231. The van der Waals surface area contributed by atoms with E-state index in [1.165, 1.54) is 18.3 Å². The van der Waals surface area contributed by atoms with Gasteiger partial charge in [-0.3, -0.25) is 14.6 Å². The van der Waals surface area contributed by atoms with E-state index in [1.54, 1.807) is 78.7 Å². The second-order valence-corrected chi connectivity index (χ2v) is 12.3. The van der Waals surface area contributed by atoms with Crippen molar-refractivity contribution in [2.45, 2.75) is 6.42 Å². The molecule has 260 valence electrons. The molecule has 1 N–H and O–H groups in total. The number of fused-ring (bicyclic) bond motifs is 2. The number of anilines is 1. The molecule has 0 bridgehead atoms. The number of carbonyl (C=O) groups excluding carboxylic acids is 1.